The number of carboxylic acid groups (broad SMARTS) is 1. The third-order valence-electron chi connectivity index (χ3n) is 4.06. The van der Waals surface area contributed by atoms with Gasteiger partial charge in [-0.15, -0.1) is 0 Å². The maximum atomic E-state index is 12.2. The van der Waals surface area contributed by atoms with E-state index in [-0.39, 0.29) is 24.6 Å². The second-order valence-electron chi connectivity index (χ2n) is 5.87. The van der Waals surface area contributed by atoms with E-state index in [4.69, 9.17) is 9.84 Å². The molecule has 1 aliphatic rings. The first-order chi connectivity index (χ1) is 12.5. The number of morpholine rings is 1. The number of hydrogen-bond donors (Lipinski definition) is 2. The molecule has 9 heteroatoms. The van der Waals surface area contributed by atoms with Gasteiger partial charge in [0.25, 0.3) is 5.56 Å². The molecule has 0 spiro atoms. The lowest BCUT2D eigenvalue weighted by Crippen LogP contribution is -2.48. The Morgan fingerprint density at radius 3 is 3.00 bits per heavy atom. The Labute approximate surface area is 153 Å². The normalized spacial score (nSPS) is 17.4. The first-order valence-corrected chi connectivity index (χ1v) is 9.38. The average Bonchev–Trinajstić information content (AvgIpc) is 2.65. The van der Waals surface area contributed by atoms with Gasteiger partial charge in [0.05, 0.1) is 29.8 Å². The molecule has 0 radical (unpaired) electrons. The van der Waals surface area contributed by atoms with Crippen LogP contribution in [0.25, 0.3) is 10.9 Å². The number of aliphatic carboxylic acids is 1. The van der Waals surface area contributed by atoms with Crippen molar-refractivity contribution in [3.63, 3.8) is 0 Å². The van der Waals surface area contributed by atoms with Gasteiger partial charge in [0.1, 0.15) is 5.82 Å². The van der Waals surface area contributed by atoms with Gasteiger partial charge in [-0.3, -0.25) is 9.59 Å². The summed E-state index contributed by atoms with van der Waals surface area (Å²) in [5, 5.41) is 9.53. The number of aromatic nitrogens is 2. The molecule has 1 amide bonds. The minimum absolute atomic E-state index is 0.0817. The summed E-state index contributed by atoms with van der Waals surface area (Å²) < 4.78 is 5.11. The summed E-state index contributed by atoms with van der Waals surface area (Å²) in [4.78, 5) is 43.9. The first kappa shape index (κ1) is 18.4. The number of rotatable bonds is 6. The summed E-state index contributed by atoms with van der Waals surface area (Å²) in [6.45, 7) is 0.726. The Balaban J connectivity index is 1.49. The van der Waals surface area contributed by atoms with Crippen LogP contribution in [0.1, 0.15) is 12.2 Å². The molecule has 0 bridgehead atoms. The van der Waals surface area contributed by atoms with E-state index in [1.807, 2.05) is 6.07 Å². The van der Waals surface area contributed by atoms with E-state index >= 15 is 0 Å². The van der Waals surface area contributed by atoms with Crippen LogP contribution in [0, 0.1) is 0 Å². The van der Waals surface area contributed by atoms with Crippen molar-refractivity contribution in [3.05, 3.63) is 40.4 Å². The van der Waals surface area contributed by atoms with Gasteiger partial charge in [0.2, 0.25) is 5.91 Å². The van der Waals surface area contributed by atoms with Crippen LogP contribution in [0.5, 0.6) is 0 Å². The first-order valence-electron chi connectivity index (χ1n) is 8.22. The lowest BCUT2D eigenvalue weighted by Gasteiger charge is -2.30. The number of nitrogens with zero attached hydrogens (tertiary/aromatic N) is 2. The van der Waals surface area contributed by atoms with Crippen molar-refractivity contribution in [2.45, 2.75) is 18.3 Å². The van der Waals surface area contributed by atoms with E-state index in [9.17, 15) is 14.4 Å². The lowest BCUT2D eigenvalue weighted by atomic mass is 10.2. The zero-order valence-corrected chi connectivity index (χ0v) is 14.8. The van der Waals surface area contributed by atoms with E-state index in [0.29, 0.717) is 41.2 Å². The number of ether oxygens (including phenoxy) is 1. The van der Waals surface area contributed by atoms with Gasteiger partial charge in [0, 0.05) is 18.7 Å². The number of carbonyl (C=O) groups is 2. The van der Waals surface area contributed by atoms with Crippen LogP contribution < -0.4 is 5.56 Å². The third kappa shape index (κ3) is 4.41. The zero-order valence-electron chi connectivity index (χ0n) is 14.0. The Morgan fingerprint density at radius 2 is 2.19 bits per heavy atom. The summed E-state index contributed by atoms with van der Waals surface area (Å²) in [6, 6.07) is 7.14. The highest BCUT2D eigenvalue weighted by Gasteiger charge is 2.28. The smallest absolute Gasteiger partial charge is 0.334 e. The summed E-state index contributed by atoms with van der Waals surface area (Å²) in [5.41, 5.74) is 0.478. The fourth-order valence-electron chi connectivity index (χ4n) is 2.71. The summed E-state index contributed by atoms with van der Waals surface area (Å²) in [6.07, 6.45) is -0.651. The predicted molar refractivity (Wildman–Crippen MR) is 97.1 cm³/mol. The molecule has 1 atom stereocenters. The van der Waals surface area contributed by atoms with Crippen molar-refractivity contribution >= 4 is 34.5 Å². The van der Waals surface area contributed by atoms with Gasteiger partial charge in [-0.1, -0.05) is 12.1 Å². The molecular formula is C17H19N3O5S. The molecule has 3 rings (SSSR count). The third-order valence-corrected chi connectivity index (χ3v) is 5.03. The maximum Gasteiger partial charge on any atom is 0.334 e. The van der Waals surface area contributed by atoms with Gasteiger partial charge in [-0.05, 0) is 12.1 Å². The number of amides is 1. The van der Waals surface area contributed by atoms with Gasteiger partial charge in [0.15, 0.2) is 6.10 Å². The number of carboxylic acids is 1. The standard InChI is InChI=1S/C17H19N3O5S/c21-15(20-6-7-25-13(9-20)17(23)24)5-8-26-10-14-18-12-4-2-1-3-11(12)16(22)19-14/h1-4,13H,5-10H2,(H,23,24)(H,18,19,22). The van der Waals surface area contributed by atoms with E-state index in [2.05, 4.69) is 9.97 Å². The molecule has 1 aromatic heterocycles. The number of hydrogen-bond acceptors (Lipinski definition) is 6. The van der Waals surface area contributed by atoms with Crippen LogP contribution in [-0.2, 0) is 20.1 Å². The van der Waals surface area contributed by atoms with Gasteiger partial charge < -0.3 is 19.7 Å². The number of aromatic amines is 1. The van der Waals surface area contributed by atoms with Crippen LogP contribution in [0.15, 0.2) is 29.1 Å². The van der Waals surface area contributed by atoms with Gasteiger partial charge in [-0.2, -0.15) is 11.8 Å². The minimum atomic E-state index is -1.05. The maximum absolute atomic E-state index is 12.2. The molecule has 0 aliphatic carbocycles. The molecule has 2 heterocycles. The van der Waals surface area contributed by atoms with E-state index in [0.717, 1.165) is 0 Å². The van der Waals surface area contributed by atoms with Gasteiger partial charge >= 0.3 is 5.97 Å². The highest BCUT2D eigenvalue weighted by molar-refractivity contribution is 7.98. The Kier molecular flexibility index (Phi) is 5.89. The summed E-state index contributed by atoms with van der Waals surface area (Å²) >= 11 is 1.50. The predicted octanol–water partition coefficient (Wildman–Crippen LogP) is 0.858. The largest absolute Gasteiger partial charge is 0.479 e. The lowest BCUT2D eigenvalue weighted by molar-refractivity contribution is -0.159. The quantitative estimate of drug-likeness (QED) is 0.718. The van der Waals surface area contributed by atoms with Crippen LogP contribution in [-0.4, -0.2) is 63.4 Å². The van der Waals surface area contributed by atoms with Crippen molar-refractivity contribution < 1.29 is 19.4 Å². The Morgan fingerprint density at radius 1 is 1.38 bits per heavy atom. The van der Waals surface area contributed by atoms with Crippen LogP contribution in [0.3, 0.4) is 0 Å². The molecule has 1 aromatic carbocycles. The Bertz CT molecular complexity index is 869. The summed E-state index contributed by atoms with van der Waals surface area (Å²) in [7, 11) is 0. The fraction of sp³-hybridized carbons (Fsp3) is 0.412. The number of para-hydroxylation sites is 1. The number of benzene rings is 1. The highest BCUT2D eigenvalue weighted by Crippen LogP contribution is 2.14. The van der Waals surface area contributed by atoms with E-state index in [1.54, 1.807) is 18.2 Å². The highest BCUT2D eigenvalue weighted by atomic mass is 32.2. The van der Waals surface area contributed by atoms with Crippen molar-refractivity contribution in [2.75, 3.05) is 25.4 Å². The zero-order chi connectivity index (χ0) is 18.5. The van der Waals surface area contributed by atoms with Crippen molar-refractivity contribution in [2.24, 2.45) is 0 Å². The molecule has 1 fully saturated rings. The van der Waals surface area contributed by atoms with Crippen LogP contribution in [0.4, 0.5) is 0 Å². The van der Waals surface area contributed by atoms with E-state index in [1.165, 1.54) is 16.7 Å². The molecule has 2 N–H and O–H groups in total. The van der Waals surface area contributed by atoms with E-state index < -0.39 is 12.1 Å². The van der Waals surface area contributed by atoms with Crippen molar-refractivity contribution in [3.8, 4) is 0 Å². The average molecular weight is 377 g/mol. The second kappa shape index (κ2) is 8.33. The second-order valence-corrected chi connectivity index (χ2v) is 6.97. The fourth-order valence-corrected chi connectivity index (χ4v) is 3.51. The van der Waals surface area contributed by atoms with Crippen LogP contribution >= 0.6 is 11.8 Å². The minimum Gasteiger partial charge on any atom is -0.479 e. The molecule has 1 unspecified atom stereocenters. The Hall–Kier alpha value is -2.39. The number of thioether (sulfide) groups is 1. The van der Waals surface area contributed by atoms with Gasteiger partial charge in [-0.25, -0.2) is 9.78 Å². The number of nitrogens with one attached hydrogen (secondary N) is 1. The monoisotopic (exact) mass is 377 g/mol. The topological polar surface area (TPSA) is 113 Å². The SMILES string of the molecule is O=C(O)C1CN(C(=O)CCSCc2nc3ccccc3c(=O)[nH]2)CCO1. The summed E-state index contributed by atoms with van der Waals surface area (Å²) in [5.74, 6) is 0.484. The molecule has 2 aromatic rings. The molecule has 138 valence electrons. The molecule has 1 saturated heterocycles. The van der Waals surface area contributed by atoms with Crippen molar-refractivity contribution in [1.82, 2.24) is 14.9 Å². The number of carbonyl (C=O) groups excluding carboxylic acids is 1. The molecule has 26 heavy (non-hydrogen) atoms. The van der Waals surface area contributed by atoms with Crippen LogP contribution in [0.2, 0.25) is 0 Å². The molecule has 8 nitrogen and oxygen atoms in total. The van der Waals surface area contributed by atoms with Crippen molar-refractivity contribution in [1.29, 1.82) is 0 Å². The number of fused-ring (bicyclic) bond motifs is 1. The number of H-pyrrole nitrogens is 1. The molecular weight excluding hydrogens is 358 g/mol. The molecule has 0 saturated carbocycles. The molecule has 1 aliphatic heterocycles.